The molecule has 0 spiro atoms. The van der Waals surface area contributed by atoms with Gasteiger partial charge in [0, 0.05) is 41.1 Å². The Bertz CT molecular complexity index is 1860. The van der Waals surface area contributed by atoms with Crippen molar-refractivity contribution >= 4 is 50.7 Å². The van der Waals surface area contributed by atoms with Gasteiger partial charge < -0.3 is 14.2 Å². The van der Waals surface area contributed by atoms with Crippen molar-refractivity contribution in [3.8, 4) is 16.9 Å². The summed E-state index contributed by atoms with van der Waals surface area (Å²) in [5, 5.41) is 6.03. The van der Waals surface area contributed by atoms with Crippen LogP contribution in [-0.2, 0) is 4.57 Å². The first-order valence-electron chi connectivity index (χ1n) is 13.1. The van der Waals surface area contributed by atoms with Gasteiger partial charge in [-0.25, -0.2) is 4.79 Å². The summed E-state index contributed by atoms with van der Waals surface area (Å²) in [5.41, 5.74) is 1.54. The normalized spacial score (nSPS) is 11.4. The summed E-state index contributed by atoms with van der Waals surface area (Å²) < 4.78 is 21.7. The maximum atomic E-state index is 15.7. The van der Waals surface area contributed by atoms with Crippen molar-refractivity contribution in [2.75, 3.05) is 14.1 Å². The Labute approximate surface area is 233 Å². The van der Waals surface area contributed by atoms with E-state index in [-0.39, 0.29) is 0 Å². The van der Waals surface area contributed by atoms with E-state index in [0.29, 0.717) is 11.1 Å². The first-order chi connectivity index (χ1) is 19.5. The topological polar surface area (TPSA) is 46.6 Å². The zero-order valence-corrected chi connectivity index (χ0v) is 23.2. The molecule has 40 heavy (non-hydrogen) atoms. The van der Waals surface area contributed by atoms with Crippen LogP contribution in [0.15, 0.2) is 133 Å². The van der Waals surface area contributed by atoms with Crippen LogP contribution in [0.1, 0.15) is 0 Å². The van der Waals surface area contributed by atoms with Crippen LogP contribution in [0.3, 0.4) is 0 Å². The molecule has 4 nitrogen and oxygen atoms in total. The highest BCUT2D eigenvalue weighted by Crippen LogP contribution is 2.49. The molecule has 0 aliphatic carbocycles. The molecule has 0 fully saturated rings. The molecule has 0 radical (unpaired) electrons. The van der Waals surface area contributed by atoms with Crippen molar-refractivity contribution in [3.05, 3.63) is 133 Å². The van der Waals surface area contributed by atoms with Crippen LogP contribution in [0.4, 0.5) is 4.79 Å². The third-order valence-electron chi connectivity index (χ3n) is 7.19. The maximum absolute atomic E-state index is 15.7. The quantitative estimate of drug-likeness (QED) is 0.214. The molecule has 0 aliphatic heterocycles. The van der Waals surface area contributed by atoms with Gasteiger partial charge in [-0.2, -0.15) is 0 Å². The molecule has 0 N–H and O–H groups in total. The highest BCUT2D eigenvalue weighted by molar-refractivity contribution is 7.85. The lowest BCUT2D eigenvalue weighted by molar-refractivity contribution is 0.172. The van der Waals surface area contributed by atoms with E-state index in [1.54, 1.807) is 14.1 Å². The average Bonchev–Trinajstić information content (AvgIpc) is 3.01. The third kappa shape index (κ3) is 4.37. The predicted molar refractivity (Wildman–Crippen MR) is 166 cm³/mol. The van der Waals surface area contributed by atoms with Crippen molar-refractivity contribution < 1.29 is 14.1 Å². The number of carbonyl (C=O) groups excluding carboxylic acids is 1. The molecule has 0 atom stereocenters. The molecule has 0 aliphatic rings. The molecule has 5 heteroatoms. The first-order valence-corrected chi connectivity index (χ1v) is 14.8. The van der Waals surface area contributed by atoms with Crippen molar-refractivity contribution in [1.82, 2.24) is 4.90 Å². The van der Waals surface area contributed by atoms with Crippen molar-refractivity contribution in [3.63, 3.8) is 0 Å². The number of hydrogen-bond donors (Lipinski definition) is 0. The van der Waals surface area contributed by atoms with Crippen molar-refractivity contribution in [1.29, 1.82) is 0 Å². The first kappa shape index (κ1) is 25.6. The fourth-order valence-electron chi connectivity index (χ4n) is 5.27. The van der Waals surface area contributed by atoms with E-state index in [4.69, 9.17) is 4.74 Å². The third-order valence-corrected chi connectivity index (χ3v) is 10.3. The van der Waals surface area contributed by atoms with Gasteiger partial charge in [0.15, 0.2) is 7.14 Å². The van der Waals surface area contributed by atoms with Crippen LogP contribution < -0.4 is 20.7 Å². The van der Waals surface area contributed by atoms with E-state index in [1.807, 2.05) is 127 Å². The lowest BCUT2D eigenvalue weighted by atomic mass is 9.93. The number of carbonyl (C=O) groups is 1. The van der Waals surface area contributed by atoms with Gasteiger partial charge in [0.1, 0.15) is 5.75 Å². The molecule has 0 bridgehead atoms. The van der Waals surface area contributed by atoms with Crippen molar-refractivity contribution in [2.24, 2.45) is 0 Å². The second-order valence-corrected chi connectivity index (χ2v) is 12.6. The minimum absolute atomic E-state index is 0.419. The smallest absolute Gasteiger partial charge is 0.410 e. The van der Waals surface area contributed by atoms with E-state index < -0.39 is 13.2 Å². The molecule has 0 saturated heterocycles. The minimum Gasteiger partial charge on any atom is -0.410 e. The highest BCUT2D eigenvalue weighted by atomic mass is 31.2. The fraction of sp³-hybridized carbons (Fsp3) is 0.0571. The highest BCUT2D eigenvalue weighted by Gasteiger charge is 2.34. The number of fused-ring (bicyclic) bond motifs is 2. The van der Waals surface area contributed by atoms with Crippen LogP contribution >= 0.6 is 7.14 Å². The summed E-state index contributed by atoms with van der Waals surface area (Å²) in [6, 6.07) is 43.2. The second kappa shape index (κ2) is 10.5. The number of benzene rings is 6. The molecule has 0 unspecified atom stereocenters. The molecular weight excluding hydrogens is 513 g/mol. The Kier molecular flexibility index (Phi) is 6.71. The zero-order valence-electron chi connectivity index (χ0n) is 22.3. The Balaban J connectivity index is 1.79. The predicted octanol–water partition coefficient (Wildman–Crippen LogP) is 7.36. The Morgan fingerprint density at radius 1 is 0.575 bits per heavy atom. The molecule has 1 amide bonds. The lowest BCUT2D eigenvalue weighted by Crippen LogP contribution is -2.27. The average molecular weight is 542 g/mol. The number of ether oxygens (including phenoxy) is 1. The molecule has 6 aromatic rings. The molecule has 0 aromatic heterocycles. The van der Waals surface area contributed by atoms with Crippen LogP contribution in [0, 0.1) is 0 Å². The molecule has 196 valence electrons. The van der Waals surface area contributed by atoms with E-state index in [0.717, 1.165) is 43.3 Å². The lowest BCUT2D eigenvalue weighted by Gasteiger charge is -2.26. The molecular formula is C35H28NO3P. The minimum atomic E-state index is -3.39. The van der Waals surface area contributed by atoms with Gasteiger partial charge >= 0.3 is 6.09 Å². The summed E-state index contributed by atoms with van der Waals surface area (Å²) in [6.07, 6.45) is -0.479. The van der Waals surface area contributed by atoms with Crippen LogP contribution in [-0.4, -0.2) is 25.1 Å². The standard InChI is InChI=1S/C35H28NO3P/c1-36(2)35(37)39-31-23-21-25-13-9-11-19-29(25)33(31)34-30-20-12-10-14-26(30)22-24-32(34)40(38,27-15-5-3-6-16-27)28-17-7-4-8-18-28/h3-24H,1-2H3. The largest absolute Gasteiger partial charge is 0.414 e. The van der Waals surface area contributed by atoms with Crippen LogP contribution in [0.25, 0.3) is 32.7 Å². The Hall–Kier alpha value is -4.66. The van der Waals surface area contributed by atoms with Gasteiger partial charge in [0.2, 0.25) is 0 Å². The molecule has 0 saturated carbocycles. The second-order valence-electron chi connectivity index (χ2n) is 9.88. The summed E-state index contributed by atoms with van der Waals surface area (Å²) in [7, 11) is -0.0696. The molecule has 6 rings (SSSR count). The SMILES string of the molecule is CN(C)C(=O)Oc1ccc2ccccc2c1-c1c(P(=O)(c2ccccc2)c2ccccc2)ccc2ccccc12. The van der Waals surface area contributed by atoms with Gasteiger partial charge in [-0.05, 0) is 33.7 Å². The zero-order chi connectivity index (χ0) is 27.7. The van der Waals surface area contributed by atoms with E-state index >= 15 is 4.57 Å². The summed E-state index contributed by atoms with van der Waals surface area (Å²) in [6.45, 7) is 0. The van der Waals surface area contributed by atoms with Gasteiger partial charge in [-0.15, -0.1) is 0 Å². The van der Waals surface area contributed by atoms with E-state index in [2.05, 4.69) is 6.07 Å². The monoisotopic (exact) mass is 541 g/mol. The number of rotatable bonds is 5. The number of amides is 1. The van der Waals surface area contributed by atoms with E-state index in [9.17, 15) is 4.79 Å². The Morgan fingerprint density at radius 3 is 1.60 bits per heavy atom. The number of nitrogens with zero attached hydrogens (tertiary/aromatic N) is 1. The van der Waals surface area contributed by atoms with Crippen molar-refractivity contribution in [2.45, 2.75) is 0 Å². The van der Waals surface area contributed by atoms with Crippen LogP contribution in [0.5, 0.6) is 5.75 Å². The van der Waals surface area contributed by atoms with Crippen LogP contribution in [0.2, 0.25) is 0 Å². The summed E-state index contributed by atoms with van der Waals surface area (Å²) in [5.74, 6) is 0.419. The summed E-state index contributed by atoms with van der Waals surface area (Å²) in [4.78, 5) is 14.3. The molecule has 6 aromatic carbocycles. The fourth-order valence-corrected chi connectivity index (χ4v) is 8.14. The summed E-state index contributed by atoms with van der Waals surface area (Å²) >= 11 is 0. The van der Waals surface area contributed by atoms with E-state index in [1.165, 1.54) is 4.90 Å². The van der Waals surface area contributed by atoms with Gasteiger partial charge in [-0.1, -0.05) is 121 Å². The van der Waals surface area contributed by atoms with Gasteiger partial charge in [0.05, 0.1) is 0 Å². The number of hydrogen-bond acceptors (Lipinski definition) is 3. The van der Waals surface area contributed by atoms with Gasteiger partial charge in [0.25, 0.3) is 0 Å². The maximum Gasteiger partial charge on any atom is 0.414 e. The molecule has 0 heterocycles. The Morgan fingerprint density at radius 2 is 1.05 bits per heavy atom. The van der Waals surface area contributed by atoms with Gasteiger partial charge in [-0.3, -0.25) is 0 Å².